The average Bonchev–Trinajstić information content (AvgIpc) is 1.64. The number of aromatic nitrogens is 2. The normalized spacial score (nSPS) is 15.4. The van der Waals surface area contributed by atoms with Crippen LogP contribution in [0.15, 0.2) is 41.8 Å². The van der Waals surface area contributed by atoms with Gasteiger partial charge in [0, 0.05) is 67.3 Å². The number of aromatic amines is 1. The van der Waals surface area contributed by atoms with E-state index in [1.54, 1.807) is 0 Å². The fourth-order valence-electron chi connectivity index (χ4n) is 10.6. The number of likely N-dealkylation sites (tertiary alicyclic amines) is 1. The van der Waals surface area contributed by atoms with Crippen LogP contribution < -0.4 is 103 Å². The number of carboxylic acid groups (broad SMARTS) is 2. The lowest BCUT2D eigenvalue weighted by Crippen LogP contribution is -2.61. The molecule has 0 unspecified atom stereocenters. The number of unbranched alkanes of at least 4 members (excludes halogenated alkanes) is 1. The second kappa shape index (κ2) is 51.1. The molecule has 13 atom stereocenters. The van der Waals surface area contributed by atoms with Crippen LogP contribution in [0.25, 0.3) is 0 Å². The van der Waals surface area contributed by atoms with Crippen LogP contribution in [-0.2, 0) is 99.1 Å². The van der Waals surface area contributed by atoms with E-state index in [-0.39, 0.29) is 94.2 Å². The Hall–Kier alpha value is -10.8. The minimum Gasteiger partial charge on any atom is -0.508 e. The van der Waals surface area contributed by atoms with Crippen LogP contribution >= 0.6 is 50.5 Å². The van der Waals surface area contributed by atoms with Crippen LogP contribution in [0.5, 0.6) is 5.75 Å². The van der Waals surface area contributed by atoms with Gasteiger partial charge in [0.1, 0.15) is 84.8 Å². The van der Waals surface area contributed by atoms with Crippen LogP contribution in [0.1, 0.15) is 82.4 Å². The van der Waals surface area contributed by atoms with Gasteiger partial charge in [-0.15, -0.1) is 0 Å². The molecule has 0 saturated carbocycles. The molecule has 0 bridgehead atoms. The molecule has 29 N–H and O–H groups in total. The number of carboxylic acids is 2. The summed E-state index contributed by atoms with van der Waals surface area (Å²) in [5.74, 6) is -20.4. The predicted molar refractivity (Wildman–Crippen MR) is 416 cm³/mol. The van der Waals surface area contributed by atoms with E-state index < -0.39 is 241 Å². The summed E-state index contributed by atoms with van der Waals surface area (Å²) in [6, 6.07) is -14.4. The first-order chi connectivity index (χ1) is 54.0. The minimum atomic E-state index is -1.86. The summed E-state index contributed by atoms with van der Waals surface area (Å²) in [7, 11) is 0. The number of phenolic OH excluding ortho intramolecular Hbond substituents is 1. The summed E-state index contributed by atoms with van der Waals surface area (Å²) in [6.45, 7) is -2.09. The third kappa shape index (κ3) is 35.1. The van der Waals surface area contributed by atoms with Crippen molar-refractivity contribution in [3.8, 4) is 5.75 Å². The molecule has 49 heteroatoms. The average molecular weight is 1680 g/mol. The van der Waals surface area contributed by atoms with Crippen LogP contribution in [0.3, 0.4) is 0 Å². The Balaban J connectivity index is 1.78. The number of carbonyl (C=O) groups excluding carboxylic acids is 16. The summed E-state index contributed by atoms with van der Waals surface area (Å²) in [5, 5.41) is 71.6. The van der Waals surface area contributed by atoms with Gasteiger partial charge in [-0.25, -0.2) is 4.98 Å². The van der Waals surface area contributed by atoms with Crippen molar-refractivity contribution in [2.45, 2.75) is 163 Å². The number of nitrogens with two attached hydrogens (primary N) is 5. The van der Waals surface area contributed by atoms with E-state index in [0.29, 0.717) is 18.4 Å². The van der Waals surface area contributed by atoms with Gasteiger partial charge >= 0.3 is 11.9 Å². The van der Waals surface area contributed by atoms with Crippen molar-refractivity contribution < 1.29 is 107 Å². The van der Waals surface area contributed by atoms with Gasteiger partial charge in [-0.05, 0) is 82.5 Å². The van der Waals surface area contributed by atoms with Crippen molar-refractivity contribution >= 4 is 163 Å². The van der Waals surface area contributed by atoms with Gasteiger partial charge in [-0.1, -0.05) is 12.1 Å². The zero-order chi connectivity index (χ0) is 85.3. The van der Waals surface area contributed by atoms with Gasteiger partial charge < -0.3 is 133 Å². The van der Waals surface area contributed by atoms with Crippen LogP contribution in [0.2, 0.25) is 0 Å². The number of imidazole rings is 1. The Morgan fingerprint density at radius 3 is 1.54 bits per heavy atom. The number of H-pyrrole nitrogens is 1. The summed E-state index contributed by atoms with van der Waals surface area (Å²) >= 11 is 16.5. The molecule has 1 aromatic carbocycles. The van der Waals surface area contributed by atoms with E-state index in [4.69, 9.17) is 38.9 Å². The van der Waals surface area contributed by atoms with Gasteiger partial charge in [0.2, 0.25) is 94.5 Å². The van der Waals surface area contributed by atoms with Gasteiger partial charge in [0.15, 0.2) is 5.96 Å². The Labute approximate surface area is 674 Å². The number of nitrogens with zero attached hydrogens (tertiary/aromatic N) is 3. The Bertz CT molecular complexity index is 3700. The van der Waals surface area contributed by atoms with Crippen molar-refractivity contribution in [3.05, 3.63) is 48.0 Å². The number of benzene rings is 1. The van der Waals surface area contributed by atoms with Gasteiger partial charge in [-0.2, -0.15) is 50.5 Å². The van der Waals surface area contributed by atoms with E-state index in [0.717, 1.165) is 4.90 Å². The monoisotopic (exact) mass is 1680 g/mol. The molecule has 16 amide bonds. The van der Waals surface area contributed by atoms with Crippen molar-refractivity contribution in [2.75, 3.05) is 68.9 Å². The topological polar surface area (TPSA) is 731 Å². The predicted octanol–water partition coefficient (Wildman–Crippen LogP) is -11.4. The second-order valence-electron chi connectivity index (χ2n) is 25.7. The first kappa shape index (κ1) is 97.4. The maximum Gasteiger partial charge on any atom is 0.322 e. The molecule has 2 heterocycles. The zero-order valence-corrected chi connectivity index (χ0v) is 65.5. The van der Waals surface area contributed by atoms with Crippen molar-refractivity contribution in [2.24, 2.45) is 33.7 Å². The third-order valence-corrected chi connectivity index (χ3v) is 18.2. The first-order valence-electron chi connectivity index (χ1n) is 35.5. The molecule has 2 aromatic rings. The summed E-state index contributed by atoms with van der Waals surface area (Å²) in [4.78, 5) is 250. The molecular formula is C65H101N23O22S4. The SMILES string of the molecule is C[C@H](NC(=O)[C@@H]1CCCN1C(=O)[C@H](CC(N)=O)NC(=O)[C@H](CS)NC(=O)[C@H](CS)NC(=O)[C@@H](N)CCC(=O)O)C(=O)N[C@@H](CS)C(=O)NCC(=O)N[C@@H](CCCN=C(N)N)C(=O)N[C@@H](Cc1cnc[nH]1)C(=O)N[C@@H](Cc1ccc(O)cc1)C(=O)N[C@@H](CO)C(=O)N[C@@H](CS)C(=O)N[C@@H](CCCCN)C(=O)NCC(=O)NCC(=O)O. The molecule has 632 valence electrons. The molecule has 1 aliphatic heterocycles. The van der Waals surface area contributed by atoms with E-state index >= 15 is 0 Å². The Morgan fingerprint density at radius 2 is 1.02 bits per heavy atom. The molecule has 3 rings (SSSR count). The maximum absolute atomic E-state index is 14.6. The highest BCUT2D eigenvalue weighted by molar-refractivity contribution is 7.80. The standard InChI is InChI=1S/C65H101N23O22S4/c1-31(77-63(109)46-8-5-17-88(46)64(110)40(20-47(68)91)82-61(107)45(29-114)87-62(108)43(27-112)85-53(99)35(67)13-14-50(94)95)52(98)84-42(26-111)55(101)75-23-49(93)78-37(7-4-16-72-65(69)70)56(102)81-39(19-33-21-71-30-76-33)58(104)80-38(18-32-9-11-34(90)12-10-32)57(103)83-41(25-89)59(105)86-44(28-113)60(106)79-36(6-2-3-15-66)54(100)74-22-48(92)73-24-51(96)97/h9-12,21,30-31,35-46,89-90,111-114H,2-8,13-20,22-29,66-67H2,1H3,(H2,68,91)(H,71,76)(H,73,92)(H,74,100)(H,75,101)(H,77,109)(H,78,93)(H,79,106)(H,80,104)(H,81,102)(H,82,107)(H,83,103)(H,84,98)(H,85,99)(H,86,105)(H,87,108)(H,94,95)(H,96,97)(H4,69,70,72)/t31-,35-,36-,37-,38-,39-,40-,41-,42-,43-,44-,45-,46-/m0/s1. The molecule has 0 radical (unpaired) electrons. The number of primary amides is 1. The first-order valence-corrected chi connectivity index (χ1v) is 38.0. The van der Waals surface area contributed by atoms with E-state index in [1.165, 1.54) is 43.7 Å². The maximum atomic E-state index is 14.6. The highest BCUT2D eigenvalue weighted by Gasteiger charge is 2.41. The molecule has 1 aromatic heterocycles. The number of guanidine groups is 1. The Morgan fingerprint density at radius 1 is 0.544 bits per heavy atom. The number of aliphatic carboxylic acids is 2. The quantitative estimate of drug-likeness (QED) is 0.0127. The molecule has 1 fully saturated rings. The summed E-state index contributed by atoms with van der Waals surface area (Å²) < 4.78 is 0. The van der Waals surface area contributed by atoms with Gasteiger partial charge in [-0.3, -0.25) is 91.3 Å². The largest absolute Gasteiger partial charge is 0.508 e. The number of hydrogen-bond donors (Lipinski definition) is 28. The fourth-order valence-corrected chi connectivity index (χ4v) is 11.7. The number of aromatic hydroxyl groups is 1. The van der Waals surface area contributed by atoms with Crippen molar-refractivity contribution in [3.63, 3.8) is 0 Å². The molecule has 0 spiro atoms. The third-order valence-electron chi connectivity index (χ3n) is 16.8. The molecule has 1 aliphatic rings. The molecule has 0 aliphatic carbocycles. The molecular weight excluding hydrogens is 1580 g/mol. The van der Waals surface area contributed by atoms with E-state index in [9.17, 15) is 96.5 Å². The van der Waals surface area contributed by atoms with Gasteiger partial charge in [0.25, 0.3) is 0 Å². The molecule has 114 heavy (non-hydrogen) atoms. The number of rotatable bonds is 52. The van der Waals surface area contributed by atoms with Crippen molar-refractivity contribution in [1.82, 2.24) is 89.3 Å². The van der Waals surface area contributed by atoms with Crippen LogP contribution in [0, 0.1) is 0 Å². The number of aliphatic hydroxyl groups excluding tert-OH is 1. The summed E-state index contributed by atoms with van der Waals surface area (Å²) in [6.07, 6.45) is 1.04. The number of thiol groups is 4. The lowest BCUT2D eigenvalue weighted by molar-refractivity contribution is -0.143. The highest BCUT2D eigenvalue weighted by Crippen LogP contribution is 2.21. The van der Waals surface area contributed by atoms with Crippen LogP contribution in [-0.4, -0.2) is 295 Å². The minimum absolute atomic E-state index is 0.00729. The number of hydrogen-bond acceptors (Lipinski definition) is 28. The van der Waals surface area contributed by atoms with E-state index in [2.05, 4.69) is 140 Å². The highest BCUT2D eigenvalue weighted by atomic mass is 32.1. The number of carbonyl (C=O) groups is 18. The zero-order valence-electron chi connectivity index (χ0n) is 61.9. The number of phenols is 1. The Kier molecular flexibility index (Phi) is 43.7. The van der Waals surface area contributed by atoms with Gasteiger partial charge in [0.05, 0.1) is 38.5 Å². The lowest BCUT2D eigenvalue weighted by Gasteiger charge is -2.30. The van der Waals surface area contributed by atoms with Crippen molar-refractivity contribution in [1.29, 1.82) is 0 Å². The van der Waals surface area contributed by atoms with Crippen LogP contribution in [0.4, 0.5) is 0 Å². The smallest absolute Gasteiger partial charge is 0.322 e. The second-order valence-corrected chi connectivity index (χ2v) is 27.2. The fraction of sp³-hybridized carbons (Fsp3) is 0.569. The lowest BCUT2D eigenvalue weighted by atomic mass is 10.0. The number of amides is 16. The number of aliphatic imine (C=N–C) groups is 1. The summed E-state index contributed by atoms with van der Waals surface area (Å²) in [5.41, 5.74) is 28.4. The number of aliphatic hydroxyl groups is 1. The molecule has 1 saturated heterocycles. The molecule has 45 nitrogen and oxygen atoms in total. The number of nitrogens with one attached hydrogen (secondary N) is 15. The van der Waals surface area contributed by atoms with E-state index in [1.807, 2.05) is 0 Å².